The number of hydrogen-bond acceptors (Lipinski definition) is 9. The van der Waals surface area contributed by atoms with Crippen LogP contribution in [0.5, 0.6) is 0 Å². The molecule has 2 aliphatic heterocycles. The van der Waals surface area contributed by atoms with E-state index < -0.39 is 46.1 Å². The van der Waals surface area contributed by atoms with Gasteiger partial charge in [0.1, 0.15) is 6.10 Å². The Labute approximate surface area is 278 Å². The molecular weight excluding hydrogens is 626 g/mol. The number of hydrogen-bond donors (Lipinski definition) is 4. The lowest BCUT2D eigenvalue weighted by Gasteiger charge is -2.35. The summed E-state index contributed by atoms with van der Waals surface area (Å²) in [4.78, 5) is 26.8. The van der Waals surface area contributed by atoms with Gasteiger partial charge in [-0.05, 0) is 48.4 Å². The van der Waals surface area contributed by atoms with Crippen LogP contribution in [0.15, 0.2) is 59.5 Å². The molecule has 0 spiro atoms. The lowest BCUT2D eigenvalue weighted by molar-refractivity contribution is -0.0907. The van der Waals surface area contributed by atoms with Gasteiger partial charge in [0.15, 0.2) is 6.29 Å². The number of aliphatic hydroxyl groups excluding tert-OH is 1. The Morgan fingerprint density at radius 3 is 2.55 bits per heavy atom. The molecule has 14 heteroatoms. The van der Waals surface area contributed by atoms with Crippen LogP contribution < -0.4 is 16.0 Å². The van der Waals surface area contributed by atoms with Crippen molar-refractivity contribution in [2.75, 3.05) is 59.3 Å². The highest BCUT2D eigenvalue weighted by Crippen LogP contribution is 2.33. The zero-order valence-electron chi connectivity index (χ0n) is 27.8. The van der Waals surface area contributed by atoms with Crippen molar-refractivity contribution in [3.63, 3.8) is 0 Å². The normalized spacial score (nSPS) is 20.7. The third-order valence-electron chi connectivity index (χ3n) is 8.55. The zero-order valence-corrected chi connectivity index (χ0v) is 28.7. The first kappa shape index (κ1) is 36.4. The molecule has 2 aliphatic rings. The summed E-state index contributed by atoms with van der Waals surface area (Å²) in [7, 11) is 0.877. The highest BCUT2D eigenvalue weighted by molar-refractivity contribution is 7.89. The third kappa shape index (κ3) is 10.0. The van der Waals surface area contributed by atoms with E-state index in [0.717, 1.165) is 12.0 Å². The van der Waals surface area contributed by atoms with E-state index in [2.05, 4.69) is 16.0 Å². The molecule has 2 aromatic carbocycles. The van der Waals surface area contributed by atoms with Crippen molar-refractivity contribution in [3.8, 4) is 0 Å². The van der Waals surface area contributed by atoms with E-state index >= 15 is 0 Å². The summed E-state index contributed by atoms with van der Waals surface area (Å²) in [5.74, 6) is -0.0583. The fraction of sp³-hybridized carbons (Fsp3) is 0.576. The number of aliphatic hydroxyl groups is 1. The van der Waals surface area contributed by atoms with Crippen LogP contribution in [0.2, 0.25) is 0 Å². The molecule has 260 valence electrons. The first-order chi connectivity index (χ1) is 22.3. The number of ether oxygens (including phenoxy) is 3. The average Bonchev–Trinajstić information content (AvgIpc) is 3.66. The fourth-order valence-electron chi connectivity index (χ4n) is 5.79. The summed E-state index contributed by atoms with van der Waals surface area (Å²) in [6.07, 6.45) is -1.49. The number of carbonyl (C=O) groups excluding carboxylic acids is 2. The average molecular weight is 676 g/mol. The molecule has 0 unspecified atom stereocenters. The maximum atomic E-state index is 14.2. The first-order valence-electron chi connectivity index (χ1n) is 15.9. The van der Waals surface area contributed by atoms with Crippen LogP contribution in [0, 0.1) is 11.3 Å². The molecule has 47 heavy (non-hydrogen) atoms. The van der Waals surface area contributed by atoms with E-state index in [9.17, 15) is 23.1 Å². The summed E-state index contributed by atoms with van der Waals surface area (Å²) in [5.41, 5.74) is 0.865. The van der Waals surface area contributed by atoms with Gasteiger partial charge >= 0.3 is 12.1 Å². The molecule has 2 heterocycles. The van der Waals surface area contributed by atoms with Crippen molar-refractivity contribution in [1.82, 2.24) is 19.8 Å². The van der Waals surface area contributed by atoms with Gasteiger partial charge in [0.05, 0.1) is 36.2 Å². The summed E-state index contributed by atoms with van der Waals surface area (Å²) >= 11 is 0. The minimum absolute atomic E-state index is 0.0407. The summed E-state index contributed by atoms with van der Waals surface area (Å²) in [6, 6.07) is 14.7. The zero-order chi connectivity index (χ0) is 34.2. The minimum atomic E-state index is -4.12. The van der Waals surface area contributed by atoms with Crippen molar-refractivity contribution in [3.05, 3.63) is 60.2 Å². The lowest BCUT2D eigenvalue weighted by Crippen LogP contribution is -2.52. The van der Waals surface area contributed by atoms with Gasteiger partial charge in [-0.15, -0.1) is 0 Å². The van der Waals surface area contributed by atoms with Gasteiger partial charge in [-0.25, -0.2) is 18.0 Å². The van der Waals surface area contributed by atoms with Crippen molar-refractivity contribution in [1.29, 1.82) is 0 Å². The molecule has 3 amide bonds. The number of urea groups is 1. The second kappa shape index (κ2) is 16.1. The van der Waals surface area contributed by atoms with Crippen molar-refractivity contribution in [2.24, 2.45) is 11.3 Å². The second-order valence-electron chi connectivity index (χ2n) is 13.1. The largest absolute Gasteiger partial charge is 0.443 e. The molecular formula is C33H49N5O8S. The standard InChI is InChI=1S/C33H49N5O8S/c1-33(2,15-16-35-31(40)37(4)5)22-38(47(42,43)25-13-9-12-24(19-25)34-3)20-28(39)27(18-23-10-7-6-8-11-23)36-32(41)46-29-21-45-30-26(29)14-17-44-30/h6-13,19,26-30,34,39H,14-18,20-22H2,1-5H3,(H,35,40)(H,36,41)/t26-,27-,28+,29-,30+/m0/s1. The Bertz CT molecular complexity index is 1440. The molecule has 2 saturated heterocycles. The Morgan fingerprint density at radius 2 is 1.85 bits per heavy atom. The van der Waals surface area contributed by atoms with Crippen LogP contribution in [0.1, 0.15) is 32.3 Å². The molecule has 0 aliphatic carbocycles. The minimum Gasteiger partial charge on any atom is -0.443 e. The number of nitrogens with zero attached hydrogens (tertiary/aromatic N) is 2. The van der Waals surface area contributed by atoms with E-state index in [1.54, 1.807) is 39.3 Å². The number of alkyl carbamates (subject to hydrolysis) is 1. The molecule has 4 rings (SSSR count). The quantitative estimate of drug-likeness (QED) is 0.223. The number of fused-ring (bicyclic) bond motifs is 1. The monoisotopic (exact) mass is 675 g/mol. The Balaban J connectivity index is 1.56. The van der Waals surface area contributed by atoms with Crippen molar-refractivity contribution >= 4 is 27.8 Å². The van der Waals surface area contributed by atoms with Gasteiger partial charge in [-0.1, -0.05) is 50.2 Å². The molecule has 13 nitrogen and oxygen atoms in total. The lowest BCUT2D eigenvalue weighted by atomic mass is 9.89. The van der Waals surface area contributed by atoms with Crippen LogP contribution in [0.25, 0.3) is 0 Å². The topological polar surface area (TPSA) is 159 Å². The van der Waals surface area contributed by atoms with Crippen LogP contribution in [0.4, 0.5) is 15.3 Å². The van der Waals surface area contributed by atoms with E-state index in [1.807, 2.05) is 44.2 Å². The molecule has 0 radical (unpaired) electrons. The van der Waals surface area contributed by atoms with Crippen molar-refractivity contribution < 1.29 is 37.3 Å². The highest BCUT2D eigenvalue weighted by atomic mass is 32.2. The maximum Gasteiger partial charge on any atom is 0.407 e. The van der Waals surface area contributed by atoms with E-state index in [-0.39, 0.29) is 43.0 Å². The maximum absolute atomic E-state index is 14.2. The Kier molecular flexibility index (Phi) is 12.5. The molecule has 5 atom stereocenters. The first-order valence-corrected chi connectivity index (χ1v) is 17.4. The molecule has 2 aromatic rings. The highest BCUT2D eigenvalue weighted by Gasteiger charge is 2.44. The number of anilines is 1. The summed E-state index contributed by atoms with van der Waals surface area (Å²) in [6.45, 7) is 4.64. The molecule has 0 bridgehead atoms. The summed E-state index contributed by atoms with van der Waals surface area (Å²) in [5, 5.41) is 20.3. The van der Waals surface area contributed by atoms with E-state index in [4.69, 9.17) is 14.2 Å². The third-order valence-corrected chi connectivity index (χ3v) is 10.4. The van der Waals surface area contributed by atoms with Crippen LogP contribution >= 0.6 is 0 Å². The van der Waals surface area contributed by atoms with Crippen LogP contribution in [-0.4, -0.2) is 113 Å². The molecule has 0 saturated carbocycles. The van der Waals surface area contributed by atoms with Gasteiger partial charge in [-0.2, -0.15) is 4.31 Å². The Morgan fingerprint density at radius 1 is 1.11 bits per heavy atom. The number of carbonyl (C=O) groups is 2. The fourth-order valence-corrected chi connectivity index (χ4v) is 7.48. The van der Waals surface area contributed by atoms with Gasteiger partial charge in [0, 0.05) is 46.5 Å². The molecule has 4 N–H and O–H groups in total. The SMILES string of the molecule is CNc1cccc(S(=O)(=O)N(C[C@@H](O)[C@H](Cc2ccccc2)NC(=O)O[C@H]2CO[C@H]3OCC[C@H]32)CC(C)(C)CCNC(=O)N(C)C)c1. The smallest absolute Gasteiger partial charge is 0.407 e. The Hall–Kier alpha value is -3.43. The van der Waals surface area contributed by atoms with E-state index in [0.29, 0.717) is 25.3 Å². The number of nitrogens with one attached hydrogen (secondary N) is 3. The van der Waals surface area contributed by atoms with Crippen LogP contribution in [-0.2, 0) is 30.7 Å². The second-order valence-corrected chi connectivity index (χ2v) is 15.0. The number of sulfonamides is 1. The van der Waals surface area contributed by atoms with Crippen LogP contribution in [0.3, 0.4) is 0 Å². The number of rotatable bonds is 15. The summed E-state index contributed by atoms with van der Waals surface area (Å²) < 4.78 is 46.5. The predicted molar refractivity (Wildman–Crippen MR) is 177 cm³/mol. The van der Waals surface area contributed by atoms with Gasteiger partial charge in [0.25, 0.3) is 0 Å². The molecule has 0 aromatic heterocycles. The van der Waals surface area contributed by atoms with E-state index in [1.165, 1.54) is 15.3 Å². The van der Waals surface area contributed by atoms with Gasteiger partial charge < -0.3 is 40.2 Å². The number of benzene rings is 2. The molecule has 2 fully saturated rings. The van der Waals surface area contributed by atoms with Gasteiger partial charge in [0.2, 0.25) is 10.0 Å². The number of amides is 3. The van der Waals surface area contributed by atoms with Crippen molar-refractivity contribution in [2.45, 2.75) is 62.5 Å². The predicted octanol–water partition coefficient (Wildman–Crippen LogP) is 2.87. The van der Waals surface area contributed by atoms with Gasteiger partial charge in [-0.3, -0.25) is 0 Å².